The van der Waals surface area contributed by atoms with Gasteiger partial charge in [0.2, 0.25) is 0 Å². The normalized spacial score (nSPS) is 21.8. The lowest BCUT2D eigenvalue weighted by molar-refractivity contribution is -0.0961. The van der Waals surface area contributed by atoms with Gasteiger partial charge in [0.1, 0.15) is 18.3 Å². The zero-order valence-electron chi connectivity index (χ0n) is 11.2. The second-order valence-corrected chi connectivity index (χ2v) is 8.13. The summed E-state index contributed by atoms with van der Waals surface area (Å²) in [4.78, 5) is 0. The number of sulfone groups is 1. The highest BCUT2D eigenvalue weighted by molar-refractivity contribution is 8.04. The smallest absolute Gasteiger partial charge is 0.166 e. The van der Waals surface area contributed by atoms with Crippen LogP contribution in [0.2, 0.25) is 0 Å². The summed E-state index contributed by atoms with van der Waals surface area (Å²) in [6, 6.07) is 0. The van der Waals surface area contributed by atoms with Crippen LogP contribution in [0.5, 0.6) is 0 Å². The third-order valence-electron chi connectivity index (χ3n) is 2.80. The van der Waals surface area contributed by atoms with Crippen LogP contribution < -0.4 is 0 Å². The zero-order valence-corrected chi connectivity index (χ0v) is 12.9. The van der Waals surface area contributed by atoms with Crippen molar-refractivity contribution in [3.63, 3.8) is 0 Å². The highest BCUT2D eigenvalue weighted by atomic mass is 32.3. The van der Waals surface area contributed by atoms with Crippen molar-refractivity contribution in [1.29, 1.82) is 0 Å². The van der Waals surface area contributed by atoms with Crippen molar-refractivity contribution in [2.45, 2.75) is 55.7 Å². The summed E-state index contributed by atoms with van der Waals surface area (Å²) in [7, 11) is -4.20. The maximum atomic E-state index is 11.9. The molecule has 6 atom stereocenters. The Hall–Kier alpha value is -0.100. The lowest BCUT2D eigenvalue weighted by Gasteiger charge is -2.31. The van der Waals surface area contributed by atoms with Crippen molar-refractivity contribution in [3.05, 3.63) is 0 Å². The Balaban J connectivity index is 5.24. The molecule has 10 heteroatoms. The third kappa shape index (κ3) is 5.35. The summed E-state index contributed by atoms with van der Waals surface area (Å²) in [6.45, 7) is 2.82. The van der Waals surface area contributed by atoms with Crippen molar-refractivity contribution in [2.24, 2.45) is 0 Å². The van der Waals surface area contributed by atoms with Crippen LogP contribution in [-0.2, 0) is 20.9 Å². The first-order valence-corrected chi connectivity index (χ1v) is 8.93. The van der Waals surface area contributed by atoms with E-state index in [0.717, 1.165) is 6.92 Å². The van der Waals surface area contributed by atoms with E-state index in [0.29, 0.717) is 6.42 Å². The van der Waals surface area contributed by atoms with E-state index in [2.05, 4.69) is 0 Å². The molecule has 0 saturated carbocycles. The van der Waals surface area contributed by atoms with E-state index in [4.69, 9.17) is 5.11 Å². The number of hydrogen-bond donors (Lipinski definition) is 4. The summed E-state index contributed by atoms with van der Waals surface area (Å²) in [5, 5.41) is 37.7. The van der Waals surface area contributed by atoms with Crippen LogP contribution in [0.25, 0.3) is 0 Å². The van der Waals surface area contributed by atoms with E-state index in [1.54, 1.807) is 6.92 Å². The summed E-state index contributed by atoms with van der Waals surface area (Å²) in [5.74, 6) is -0.462. The molecule has 0 bridgehead atoms. The number of aliphatic hydroxyl groups is 4. The van der Waals surface area contributed by atoms with Crippen LogP contribution >= 0.6 is 0 Å². The summed E-state index contributed by atoms with van der Waals surface area (Å²) in [5.41, 5.74) is 0. The maximum Gasteiger partial charge on any atom is 0.166 e. The molecule has 4 N–H and O–H groups in total. The highest BCUT2D eigenvalue weighted by Gasteiger charge is 2.40. The van der Waals surface area contributed by atoms with Gasteiger partial charge in [-0.2, -0.15) is 0 Å². The molecule has 0 spiro atoms. The quantitative estimate of drug-likeness (QED) is 0.349. The molecule has 20 heavy (non-hydrogen) atoms. The van der Waals surface area contributed by atoms with Gasteiger partial charge in [-0.3, -0.25) is 4.21 Å². The van der Waals surface area contributed by atoms with Crippen molar-refractivity contribution >= 4 is 20.9 Å². The lowest BCUT2D eigenvalue weighted by Crippen LogP contribution is -2.52. The van der Waals surface area contributed by atoms with E-state index in [1.807, 2.05) is 0 Å². The fraction of sp³-hybridized carbons (Fsp3) is 1.00. The Kier molecular flexibility index (Phi) is 8.33. The average Bonchev–Trinajstić information content (AvgIpc) is 2.33. The molecule has 0 amide bonds. The van der Waals surface area contributed by atoms with Crippen LogP contribution in [-0.4, -0.2) is 72.4 Å². The molecule has 2 unspecified atom stereocenters. The largest absolute Gasteiger partial charge is 0.771 e. The van der Waals surface area contributed by atoms with Crippen molar-refractivity contribution < 1.29 is 37.6 Å². The van der Waals surface area contributed by atoms with Crippen LogP contribution in [0.4, 0.5) is 0 Å². The number of aliphatic hydroxyl groups excluding tert-OH is 4. The van der Waals surface area contributed by atoms with Gasteiger partial charge in [0.25, 0.3) is 0 Å². The summed E-state index contributed by atoms with van der Waals surface area (Å²) >= 11 is -3.20. The second kappa shape index (κ2) is 8.37. The molecule has 0 radical (unpaired) electrons. The third-order valence-corrected chi connectivity index (χ3v) is 6.65. The Morgan fingerprint density at radius 3 is 1.95 bits per heavy atom. The zero-order chi connectivity index (χ0) is 16.1. The monoisotopic (exact) mass is 333 g/mol. The highest BCUT2D eigenvalue weighted by Crippen LogP contribution is 2.18. The first kappa shape index (κ1) is 19.9. The minimum Gasteiger partial charge on any atom is -0.771 e. The molecule has 0 aromatic rings. The van der Waals surface area contributed by atoms with Gasteiger partial charge in [-0.1, -0.05) is 13.3 Å². The summed E-state index contributed by atoms with van der Waals surface area (Å²) < 4.78 is 43.6. The van der Waals surface area contributed by atoms with Gasteiger partial charge in [-0.05, 0) is 24.4 Å². The fourth-order valence-electron chi connectivity index (χ4n) is 1.56. The van der Waals surface area contributed by atoms with Gasteiger partial charge < -0.3 is 25.0 Å². The van der Waals surface area contributed by atoms with Gasteiger partial charge in [-0.25, -0.2) is 8.42 Å². The predicted octanol–water partition coefficient (Wildman–Crippen LogP) is -2.13. The first-order valence-electron chi connectivity index (χ1n) is 6.08. The molecule has 0 aromatic heterocycles. The molecular weight excluding hydrogens is 312 g/mol. The van der Waals surface area contributed by atoms with Crippen LogP contribution in [0.3, 0.4) is 0 Å². The molecule has 0 rings (SSSR count). The molecule has 122 valence electrons. The van der Waals surface area contributed by atoms with Gasteiger partial charge in [0.05, 0.1) is 11.9 Å². The number of unbranched alkanes of at least 4 members (excludes halogenated alkanes) is 1. The topological polar surface area (TPSA) is 155 Å². The molecule has 0 heterocycles. The molecule has 8 nitrogen and oxygen atoms in total. The standard InChI is InChI=1S/C10H22O8S2/c1-3-4-5-20(17,18)10(19(15)16)9(14)8(13)7(12)6(2)11/h6-14H,3-5H2,1-2H3,(H,15,16)/p-1/t6-,7-,8+,9+,10?/m0/s1. The van der Waals surface area contributed by atoms with Crippen molar-refractivity contribution in [1.82, 2.24) is 0 Å². The Bertz CT molecular complexity index is 407. The van der Waals surface area contributed by atoms with E-state index in [1.165, 1.54) is 0 Å². The van der Waals surface area contributed by atoms with Gasteiger partial charge in [0, 0.05) is 0 Å². The molecule has 0 saturated heterocycles. The first-order chi connectivity index (χ1) is 9.06. The SMILES string of the molecule is CCCCS(=O)(=O)C([C@H](O)[C@H](O)[C@@H](O)[C@H](C)O)S(=O)[O-]. The van der Waals surface area contributed by atoms with Gasteiger partial charge in [0.15, 0.2) is 14.4 Å². The molecule has 0 fully saturated rings. The van der Waals surface area contributed by atoms with E-state index in [9.17, 15) is 32.5 Å². The second-order valence-electron chi connectivity index (χ2n) is 4.56. The fourth-order valence-corrected chi connectivity index (χ4v) is 4.70. The van der Waals surface area contributed by atoms with Crippen LogP contribution in [0.1, 0.15) is 26.7 Å². The number of rotatable bonds is 9. The Morgan fingerprint density at radius 2 is 1.60 bits per heavy atom. The lowest BCUT2D eigenvalue weighted by atomic mass is 10.1. The predicted molar refractivity (Wildman–Crippen MR) is 71.1 cm³/mol. The minimum absolute atomic E-state index is 0.206. The van der Waals surface area contributed by atoms with E-state index >= 15 is 0 Å². The number of hydrogen-bond acceptors (Lipinski definition) is 8. The molecule has 0 aliphatic heterocycles. The van der Waals surface area contributed by atoms with Crippen molar-refractivity contribution in [2.75, 3.05) is 5.75 Å². The van der Waals surface area contributed by atoms with Crippen molar-refractivity contribution in [3.8, 4) is 0 Å². The van der Waals surface area contributed by atoms with Gasteiger partial charge >= 0.3 is 0 Å². The maximum absolute atomic E-state index is 11.9. The van der Waals surface area contributed by atoms with E-state index < -0.39 is 55.7 Å². The van der Waals surface area contributed by atoms with Crippen LogP contribution in [0.15, 0.2) is 0 Å². The summed E-state index contributed by atoms with van der Waals surface area (Å²) in [6.07, 6.45) is -6.96. The van der Waals surface area contributed by atoms with E-state index in [-0.39, 0.29) is 6.42 Å². The van der Waals surface area contributed by atoms with Crippen LogP contribution in [0, 0.1) is 0 Å². The molecule has 0 aromatic carbocycles. The Labute approximate surface area is 120 Å². The average molecular weight is 333 g/mol. The molecule has 0 aliphatic rings. The minimum atomic E-state index is -4.20. The molecular formula is C10H21O8S2-. The Morgan fingerprint density at radius 1 is 1.10 bits per heavy atom. The molecule has 0 aliphatic carbocycles. The van der Waals surface area contributed by atoms with Gasteiger partial charge in [-0.15, -0.1) is 0 Å².